The van der Waals surface area contributed by atoms with E-state index in [0.717, 1.165) is 10.3 Å². The summed E-state index contributed by atoms with van der Waals surface area (Å²) in [6.45, 7) is 1.38. The normalized spacial score (nSPS) is 12.8. The van der Waals surface area contributed by atoms with Crippen LogP contribution in [0.5, 0.6) is 17.2 Å². The second-order valence-corrected chi connectivity index (χ2v) is 8.55. The molecule has 0 bridgehead atoms. The van der Waals surface area contributed by atoms with E-state index in [1.807, 2.05) is 37.2 Å². The van der Waals surface area contributed by atoms with E-state index in [4.69, 9.17) is 25.8 Å². The average Bonchev–Trinajstić information content (AvgIpc) is 3.40. The van der Waals surface area contributed by atoms with Gasteiger partial charge in [0.2, 0.25) is 6.79 Å². The van der Waals surface area contributed by atoms with Crippen LogP contribution < -0.4 is 19.1 Å². The highest BCUT2D eigenvalue weighted by Crippen LogP contribution is 2.39. The predicted molar refractivity (Wildman–Crippen MR) is 124 cm³/mol. The number of carbonyl (C=O) groups is 1. The summed E-state index contributed by atoms with van der Waals surface area (Å²) in [7, 11) is 5.51. The van der Waals surface area contributed by atoms with Crippen LogP contribution in [0, 0.1) is 0 Å². The number of hydrogen-bond donors (Lipinski definition) is 0. The highest BCUT2D eigenvalue weighted by molar-refractivity contribution is 7.23. The fraction of sp³-hybridized carbons (Fsp3) is 0.273. The number of methoxy groups -OCH3 is 1. The molecular formula is C22H22ClN3O4S. The molecule has 1 aliphatic heterocycles. The minimum Gasteiger partial charge on any atom is -0.494 e. The predicted octanol–water partition coefficient (Wildman–Crippen LogP) is 4.30. The summed E-state index contributed by atoms with van der Waals surface area (Å²) < 4.78 is 16.9. The summed E-state index contributed by atoms with van der Waals surface area (Å²) in [6.07, 6.45) is 3.30. The summed E-state index contributed by atoms with van der Waals surface area (Å²) in [5, 5.41) is 1.15. The summed E-state index contributed by atoms with van der Waals surface area (Å²) in [4.78, 5) is 21.5. The molecule has 7 nitrogen and oxygen atoms in total. The van der Waals surface area contributed by atoms with Gasteiger partial charge in [-0.25, -0.2) is 4.98 Å². The third kappa shape index (κ3) is 4.61. The van der Waals surface area contributed by atoms with Crippen molar-refractivity contribution in [3.63, 3.8) is 0 Å². The first-order chi connectivity index (χ1) is 15.0. The molecule has 0 radical (unpaired) electrons. The minimum absolute atomic E-state index is 0.173. The lowest BCUT2D eigenvalue weighted by Gasteiger charge is -2.20. The number of aromatic nitrogens is 1. The maximum atomic E-state index is 13.1. The van der Waals surface area contributed by atoms with Crippen molar-refractivity contribution in [1.82, 2.24) is 9.88 Å². The molecule has 0 atom stereocenters. The lowest BCUT2D eigenvalue weighted by molar-refractivity contribution is -0.114. The third-order valence-electron chi connectivity index (χ3n) is 4.75. The Morgan fingerprint density at radius 3 is 2.81 bits per heavy atom. The zero-order chi connectivity index (χ0) is 22.0. The van der Waals surface area contributed by atoms with Gasteiger partial charge in [0.25, 0.3) is 5.91 Å². The molecule has 2 aromatic carbocycles. The van der Waals surface area contributed by atoms with Gasteiger partial charge in [0.1, 0.15) is 11.3 Å². The maximum Gasteiger partial charge on any atom is 0.252 e. The van der Waals surface area contributed by atoms with E-state index in [1.54, 1.807) is 30.2 Å². The highest BCUT2D eigenvalue weighted by Gasteiger charge is 2.21. The monoisotopic (exact) mass is 459 g/mol. The first-order valence-corrected chi connectivity index (χ1v) is 10.8. The third-order valence-corrected chi connectivity index (χ3v) is 6.29. The Balaban J connectivity index is 1.64. The highest BCUT2D eigenvalue weighted by atomic mass is 35.5. The molecule has 0 aliphatic carbocycles. The molecule has 4 rings (SSSR count). The molecule has 1 amide bonds. The topological polar surface area (TPSA) is 64.1 Å². The number of thiazole rings is 1. The molecule has 3 aromatic rings. The number of fused-ring (bicyclic) bond motifs is 2. The summed E-state index contributed by atoms with van der Waals surface area (Å²) in [5.41, 5.74) is 1.50. The molecule has 1 aromatic heterocycles. The largest absolute Gasteiger partial charge is 0.494 e. The van der Waals surface area contributed by atoms with E-state index in [2.05, 4.69) is 4.98 Å². The van der Waals surface area contributed by atoms with Crippen molar-refractivity contribution in [2.24, 2.45) is 0 Å². The first-order valence-electron chi connectivity index (χ1n) is 9.63. The molecule has 0 saturated heterocycles. The number of likely N-dealkylation sites (N-methyl/N-ethyl adjacent to an activating group) is 1. The van der Waals surface area contributed by atoms with Crippen LogP contribution in [-0.4, -0.2) is 56.9 Å². The van der Waals surface area contributed by atoms with Crippen LogP contribution in [0.4, 0.5) is 5.13 Å². The van der Waals surface area contributed by atoms with Gasteiger partial charge in [-0.05, 0) is 50.0 Å². The Kier molecular flexibility index (Phi) is 6.31. The molecule has 0 saturated carbocycles. The van der Waals surface area contributed by atoms with Crippen LogP contribution in [0.1, 0.15) is 5.56 Å². The molecule has 1 aliphatic rings. The molecule has 0 fully saturated rings. The van der Waals surface area contributed by atoms with Crippen molar-refractivity contribution in [2.45, 2.75) is 0 Å². The number of halogens is 1. The smallest absolute Gasteiger partial charge is 0.252 e. The Morgan fingerprint density at radius 2 is 2.03 bits per heavy atom. The van der Waals surface area contributed by atoms with E-state index in [9.17, 15) is 4.79 Å². The van der Waals surface area contributed by atoms with Crippen LogP contribution in [0.15, 0.2) is 36.4 Å². The van der Waals surface area contributed by atoms with Crippen LogP contribution in [0.25, 0.3) is 16.3 Å². The maximum absolute atomic E-state index is 13.1. The van der Waals surface area contributed by atoms with Gasteiger partial charge >= 0.3 is 0 Å². The van der Waals surface area contributed by atoms with Gasteiger partial charge in [0, 0.05) is 19.2 Å². The van der Waals surface area contributed by atoms with Crippen molar-refractivity contribution in [2.75, 3.05) is 46.0 Å². The van der Waals surface area contributed by atoms with Crippen molar-refractivity contribution in [1.29, 1.82) is 0 Å². The Labute approximate surface area is 189 Å². The number of benzene rings is 2. The zero-order valence-electron chi connectivity index (χ0n) is 17.4. The van der Waals surface area contributed by atoms with E-state index in [0.29, 0.717) is 46.0 Å². The molecule has 0 spiro atoms. The number of rotatable bonds is 7. The number of carbonyl (C=O) groups excluding carboxylic acids is 1. The van der Waals surface area contributed by atoms with Gasteiger partial charge in [-0.3, -0.25) is 9.69 Å². The lowest BCUT2D eigenvalue weighted by Crippen LogP contribution is -2.35. The number of anilines is 1. The van der Waals surface area contributed by atoms with Gasteiger partial charge in [-0.1, -0.05) is 29.0 Å². The SMILES string of the molecule is COc1ccc(Cl)c2sc(N(CCN(C)C)C(=O)C=Cc3ccc4c(c3)OCO4)nc12. The Morgan fingerprint density at radius 1 is 1.23 bits per heavy atom. The van der Waals surface area contributed by atoms with Crippen molar-refractivity contribution >= 4 is 50.3 Å². The van der Waals surface area contributed by atoms with Crippen LogP contribution in [-0.2, 0) is 4.79 Å². The molecular weight excluding hydrogens is 438 g/mol. The fourth-order valence-corrected chi connectivity index (χ4v) is 4.38. The summed E-state index contributed by atoms with van der Waals surface area (Å²) in [6, 6.07) is 9.11. The van der Waals surface area contributed by atoms with Gasteiger partial charge < -0.3 is 19.1 Å². The standard InChI is InChI=1S/C22H22ClN3O4S/c1-25(2)10-11-26(22-24-20-17(28-3)8-6-15(23)21(20)31-22)19(27)9-5-14-4-7-16-18(12-14)30-13-29-16/h4-9,12H,10-11,13H2,1-3H3. The number of hydrogen-bond acceptors (Lipinski definition) is 7. The molecule has 31 heavy (non-hydrogen) atoms. The van der Waals surface area contributed by atoms with Crippen LogP contribution in [0.3, 0.4) is 0 Å². The van der Waals surface area contributed by atoms with Gasteiger partial charge in [0.15, 0.2) is 16.6 Å². The number of amides is 1. The van der Waals surface area contributed by atoms with Crippen molar-refractivity contribution in [3.05, 3.63) is 47.0 Å². The second kappa shape index (κ2) is 9.13. The fourth-order valence-electron chi connectivity index (χ4n) is 3.10. The van der Waals surface area contributed by atoms with Crippen molar-refractivity contribution < 1.29 is 19.0 Å². The Bertz CT molecular complexity index is 1150. The quantitative estimate of drug-likeness (QED) is 0.491. The van der Waals surface area contributed by atoms with Crippen LogP contribution in [0.2, 0.25) is 5.02 Å². The first kappa shape index (κ1) is 21.4. The Hall–Kier alpha value is -2.81. The van der Waals surface area contributed by atoms with Crippen molar-refractivity contribution in [3.8, 4) is 17.2 Å². The summed E-state index contributed by atoms with van der Waals surface area (Å²) in [5.74, 6) is 1.83. The minimum atomic E-state index is -0.173. The van der Waals surface area contributed by atoms with Gasteiger partial charge in [0.05, 0.1) is 16.8 Å². The van der Waals surface area contributed by atoms with E-state index < -0.39 is 0 Å². The molecule has 2 heterocycles. The summed E-state index contributed by atoms with van der Waals surface area (Å²) >= 11 is 7.74. The number of nitrogens with zero attached hydrogens (tertiary/aromatic N) is 3. The van der Waals surface area contributed by atoms with Crippen LogP contribution >= 0.6 is 22.9 Å². The van der Waals surface area contributed by atoms with Gasteiger partial charge in [-0.2, -0.15) is 0 Å². The lowest BCUT2D eigenvalue weighted by atomic mass is 10.2. The average molecular weight is 460 g/mol. The molecule has 0 N–H and O–H groups in total. The molecule has 0 unspecified atom stereocenters. The van der Waals surface area contributed by atoms with E-state index in [-0.39, 0.29) is 12.7 Å². The van der Waals surface area contributed by atoms with Gasteiger partial charge in [-0.15, -0.1) is 0 Å². The number of ether oxygens (including phenoxy) is 3. The zero-order valence-corrected chi connectivity index (χ0v) is 19.0. The molecule has 9 heteroatoms. The van der Waals surface area contributed by atoms with E-state index in [1.165, 1.54) is 17.4 Å². The van der Waals surface area contributed by atoms with E-state index >= 15 is 0 Å². The second-order valence-electron chi connectivity index (χ2n) is 7.16. The molecule has 162 valence electrons.